The van der Waals surface area contributed by atoms with Crippen LogP contribution in [0, 0.1) is 5.82 Å². The molecule has 1 aromatic carbocycles. The number of likely N-dealkylation sites (N-methyl/N-ethyl adjacent to an activating group) is 1. The number of hydrogen-bond acceptors (Lipinski definition) is 5. The average molecular weight is 326 g/mol. The predicted octanol–water partition coefficient (Wildman–Crippen LogP) is 2.07. The number of hydrogen-bond donors (Lipinski definition) is 0. The zero-order chi connectivity index (χ0) is 16.5. The van der Waals surface area contributed by atoms with Crippen LogP contribution in [-0.4, -0.2) is 57.4 Å². The maximum absolute atomic E-state index is 13.1. The van der Waals surface area contributed by atoms with Crippen LogP contribution in [0.1, 0.15) is 6.92 Å². The topological polar surface area (TPSA) is 49.6 Å². The minimum absolute atomic E-state index is 0.269. The van der Waals surface area contributed by atoms with Crippen LogP contribution in [0.3, 0.4) is 0 Å². The monoisotopic (exact) mass is 326 g/mol. The molecule has 3 aromatic rings. The van der Waals surface area contributed by atoms with Crippen LogP contribution in [0.4, 0.5) is 10.2 Å². The quantitative estimate of drug-likeness (QED) is 0.737. The molecule has 7 heteroatoms. The van der Waals surface area contributed by atoms with E-state index in [-0.39, 0.29) is 5.82 Å². The summed E-state index contributed by atoms with van der Waals surface area (Å²) in [6, 6.07) is 10.1. The second-order valence-corrected chi connectivity index (χ2v) is 5.91. The van der Waals surface area contributed by atoms with Gasteiger partial charge in [0.15, 0.2) is 11.5 Å². The van der Waals surface area contributed by atoms with Crippen molar-refractivity contribution in [2.45, 2.75) is 6.92 Å². The molecule has 0 amide bonds. The molecule has 0 saturated carbocycles. The average Bonchev–Trinajstić information content (AvgIpc) is 3.05. The second-order valence-electron chi connectivity index (χ2n) is 5.91. The molecule has 0 bridgehead atoms. The maximum Gasteiger partial charge on any atom is 0.185 e. The van der Waals surface area contributed by atoms with E-state index in [1.165, 1.54) is 12.1 Å². The van der Waals surface area contributed by atoms with Crippen molar-refractivity contribution in [2.24, 2.45) is 0 Å². The van der Waals surface area contributed by atoms with Gasteiger partial charge in [-0.05, 0) is 42.9 Å². The summed E-state index contributed by atoms with van der Waals surface area (Å²) in [5, 5.41) is 13.1. The number of rotatable bonds is 3. The first-order valence-electron chi connectivity index (χ1n) is 8.20. The van der Waals surface area contributed by atoms with Crippen LogP contribution in [0.15, 0.2) is 36.4 Å². The molecular weight excluding hydrogens is 307 g/mol. The lowest BCUT2D eigenvalue weighted by atomic mass is 10.2. The lowest BCUT2D eigenvalue weighted by Crippen LogP contribution is -2.46. The number of benzene rings is 1. The molecule has 0 atom stereocenters. The highest BCUT2D eigenvalue weighted by Crippen LogP contribution is 2.20. The molecule has 3 heterocycles. The fourth-order valence-corrected chi connectivity index (χ4v) is 3.02. The summed E-state index contributed by atoms with van der Waals surface area (Å²) in [5.74, 6) is 1.27. The Labute approximate surface area is 139 Å². The van der Waals surface area contributed by atoms with Crippen molar-refractivity contribution in [3.63, 3.8) is 0 Å². The van der Waals surface area contributed by atoms with E-state index < -0.39 is 0 Å². The molecule has 0 spiro atoms. The Morgan fingerprint density at radius 1 is 0.958 bits per heavy atom. The number of aromatic nitrogens is 4. The van der Waals surface area contributed by atoms with Crippen molar-refractivity contribution in [3.8, 4) is 11.4 Å². The summed E-state index contributed by atoms with van der Waals surface area (Å²) >= 11 is 0. The fraction of sp³-hybridized carbons (Fsp3) is 0.353. The third-order valence-electron chi connectivity index (χ3n) is 4.49. The van der Waals surface area contributed by atoms with Gasteiger partial charge in [-0.15, -0.1) is 15.3 Å². The predicted molar refractivity (Wildman–Crippen MR) is 90.5 cm³/mol. The highest BCUT2D eigenvalue weighted by Gasteiger charge is 2.18. The molecule has 1 aliphatic rings. The van der Waals surface area contributed by atoms with Gasteiger partial charge in [-0.25, -0.2) is 4.39 Å². The molecule has 2 aromatic heterocycles. The molecule has 124 valence electrons. The Bertz CT molecular complexity index is 836. The molecule has 24 heavy (non-hydrogen) atoms. The summed E-state index contributed by atoms with van der Waals surface area (Å²) in [6.07, 6.45) is 0. The molecule has 1 saturated heterocycles. The van der Waals surface area contributed by atoms with E-state index in [1.807, 2.05) is 12.1 Å². The van der Waals surface area contributed by atoms with Gasteiger partial charge in [-0.1, -0.05) is 6.92 Å². The van der Waals surface area contributed by atoms with E-state index in [9.17, 15) is 4.39 Å². The first-order chi connectivity index (χ1) is 11.7. The van der Waals surface area contributed by atoms with Gasteiger partial charge < -0.3 is 9.80 Å². The van der Waals surface area contributed by atoms with E-state index in [1.54, 1.807) is 16.6 Å². The van der Waals surface area contributed by atoms with Crippen LogP contribution in [-0.2, 0) is 0 Å². The number of nitrogens with zero attached hydrogens (tertiary/aromatic N) is 6. The number of halogens is 1. The van der Waals surface area contributed by atoms with Crippen molar-refractivity contribution in [2.75, 3.05) is 37.6 Å². The lowest BCUT2D eigenvalue weighted by Gasteiger charge is -2.34. The van der Waals surface area contributed by atoms with E-state index in [0.717, 1.165) is 44.1 Å². The molecule has 6 nitrogen and oxygen atoms in total. The third-order valence-corrected chi connectivity index (χ3v) is 4.49. The Kier molecular flexibility index (Phi) is 3.86. The van der Waals surface area contributed by atoms with Gasteiger partial charge in [0.2, 0.25) is 0 Å². The molecule has 0 N–H and O–H groups in total. The van der Waals surface area contributed by atoms with E-state index in [2.05, 4.69) is 26.9 Å². The molecule has 0 aliphatic carbocycles. The van der Waals surface area contributed by atoms with Gasteiger partial charge in [-0.2, -0.15) is 4.52 Å². The van der Waals surface area contributed by atoms with Gasteiger partial charge in [0.25, 0.3) is 0 Å². The molecule has 0 unspecified atom stereocenters. The Morgan fingerprint density at radius 2 is 1.71 bits per heavy atom. The second kappa shape index (κ2) is 6.16. The van der Waals surface area contributed by atoms with E-state index >= 15 is 0 Å². The van der Waals surface area contributed by atoms with Crippen molar-refractivity contribution in [1.82, 2.24) is 24.7 Å². The number of piperazine rings is 1. The largest absolute Gasteiger partial charge is 0.353 e. The van der Waals surface area contributed by atoms with Crippen LogP contribution < -0.4 is 4.90 Å². The van der Waals surface area contributed by atoms with Crippen LogP contribution in [0.25, 0.3) is 17.0 Å². The summed E-state index contributed by atoms with van der Waals surface area (Å²) in [6.45, 7) is 7.28. The smallest absolute Gasteiger partial charge is 0.185 e. The Hall–Kier alpha value is -2.54. The van der Waals surface area contributed by atoms with Crippen molar-refractivity contribution < 1.29 is 4.39 Å². The Balaban J connectivity index is 1.67. The van der Waals surface area contributed by atoms with Gasteiger partial charge >= 0.3 is 0 Å². The van der Waals surface area contributed by atoms with Crippen molar-refractivity contribution in [3.05, 3.63) is 42.2 Å². The van der Waals surface area contributed by atoms with Gasteiger partial charge in [0.1, 0.15) is 11.6 Å². The number of fused-ring (bicyclic) bond motifs is 1. The standard InChI is InChI=1S/C17H19FN6/c1-2-22-9-11-23(12-10-22)16-8-7-15-19-20-17(24(15)21-16)13-3-5-14(18)6-4-13/h3-8H,2,9-12H2,1H3. The van der Waals surface area contributed by atoms with Gasteiger partial charge in [0, 0.05) is 31.7 Å². The van der Waals surface area contributed by atoms with Crippen molar-refractivity contribution in [1.29, 1.82) is 0 Å². The molecule has 4 rings (SSSR count). The summed E-state index contributed by atoms with van der Waals surface area (Å²) in [5.41, 5.74) is 1.48. The SMILES string of the molecule is CCN1CCN(c2ccc3nnc(-c4ccc(F)cc4)n3n2)CC1. The summed E-state index contributed by atoms with van der Waals surface area (Å²) in [7, 11) is 0. The third kappa shape index (κ3) is 2.71. The zero-order valence-electron chi connectivity index (χ0n) is 13.6. The van der Waals surface area contributed by atoms with Crippen LogP contribution in [0.5, 0.6) is 0 Å². The maximum atomic E-state index is 13.1. The fourth-order valence-electron chi connectivity index (χ4n) is 3.02. The lowest BCUT2D eigenvalue weighted by molar-refractivity contribution is 0.270. The minimum Gasteiger partial charge on any atom is -0.353 e. The highest BCUT2D eigenvalue weighted by molar-refractivity contribution is 5.59. The first kappa shape index (κ1) is 15.0. The Morgan fingerprint density at radius 3 is 2.42 bits per heavy atom. The normalized spacial score (nSPS) is 16.0. The zero-order valence-corrected chi connectivity index (χ0v) is 13.6. The molecule has 1 fully saturated rings. The summed E-state index contributed by atoms with van der Waals surface area (Å²) < 4.78 is 14.9. The van der Waals surface area contributed by atoms with Crippen molar-refractivity contribution >= 4 is 11.5 Å². The molecular formula is C17H19FN6. The van der Waals surface area contributed by atoms with E-state index in [0.29, 0.717) is 11.5 Å². The van der Waals surface area contributed by atoms with Crippen LogP contribution >= 0.6 is 0 Å². The highest BCUT2D eigenvalue weighted by atomic mass is 19.1. The van der Waals surface area contributed by atoms with Gasteiger partial charge in [-0.3, -0.25) is 0 Å². The molecule has 0 radical (unpaired) electrons. The molecule has 1 aliphatic heterocycles. The van der Waals surface area contributed by atoms with E-state index in [4.69, 9.17) is 5.10 Å². The number of anilines is 1. The van der Waals surface area contributed by atoms with Crippen LogP contribution in [0.2, 0.25) is 0 Å². The summed E-state index contributed by atoms with van der Waals surface area (Å²) in [4.78, 5) is 4.71. The van der Waals surface area contributed by atoms with Gasteiger partial charge in [0.05, 0.1) is 0 Å². The first-order valence-corrected chi connectivity index (χ1v) is 8.20. The minimum atomic E-state index is -0.269.